The summed E-state index contributed by atoms with van der Waals surface area (Å²) >= 11 is 0. The Kier molecular flexibility index (Phi) is 4.61. The number of hydrogen-bond donors (Lipinski definition) is 2. The molecule has 0 aromatic heterocycles. The molecule has 3 aromatic rings. The topological polar surface area (TPSA) is 84.3 Å². The quantitative estimate of drug-likeness (QED) is 0.550. The van der Waals surface area contributed by atoms with Crippen LogP contribution in [-0.4, -0.2) is 17.9 Å². The summed E-state index contributed by atoms with van der Waals surface area (Å²) in [4.78, 5) is 22.5. The number of rotatable bonds is 5. The second-order valence-corrected chi connectivity index (χ2v) is 5.56. The molecule has 0 spiro atoms. The van der Waals surface area contributed by atoms with Gasteiger partial charge in [0.15, 0.2) is 0 Å². The van der Waals surface area contributed by atoms with Gasteiger partial charge in [-0.25, -0.2) is 0 Å². The Morgan fingerprint density at radius 2 is 1.84 bits per heavy atom. The van der Waals surface area contributed by atoms with E-state index in [0.717, 1.165) is 16.3 Å². The SMILES string of the molecule is CNC(=O)c1cc([N+](=O)[O-])ccc1NCc1cccc2ccccc12. The molecule has 0 radical (unpaired) electrons. The van der Waals surface area contributed by atoms with Crippen LogP contribution in [0, 0.1) is 10.1 Å². The van der Waals surface area contributed by atoms with E-state index >= 15 is 0 Å². The summed E-state index contributed by atoms with van der Waals surface area (Å²) in [6.07, 6.45) is 0. The van der Waals surface area contributed by atoms with Crippen molar-refractivity contribution in [3.8, 4) is 0 Å². The summed E-state index contributed by atoms with van der Waals surface area (Å²) < 4.78 is 0. The molecule has 3 rings (SSSR count). The fourth-order valence-corrected chi connectivity index (χ4v) is 2.76. The maximum absolute atomic E-state index is 12.1. The zero-order valence-corrected chi connectivity index (χ0v) is 13.7. The Hall–Kier alpha value is -3.41. The van der Waals surface area contributed by atoms with E-state index < -0.39 is 4.92 Å². The van der Waals surface area contributed by atoms with Crippen molar-refractivity contribution in [3.05, 3.63) is 81.9 Å². The van der Waals surface area contributed by atoms with E-state index in [4.69, 9.17) is 0 Å². The number of carbonyl (C=O) groups is 1. The Morgan fingerprint density at radius 3 is 2.60 bits per heavy atom. The monoisotopic (exact) mass is 335 g/mol. The largest absolute Gasteiger partial charge is 0.380 e. The maximum Gasteiger partial charge on any atom is 0.270 e. The van der Waals surface area contributed by atoms with Crippen LogP contribution in [0.1, 0.15) is 15.9 Å². The smallest absolute Gasteiger partial charge is 0.270 e. The average Bonchev–Trinajstić information content (AvgIpc) is 2.65. The van der Waals surface area contributed by atoms with Gasteiger partial charge in [-0.15, -0.1) is 0 Å². The Bertz CT molecular complexity index is 948. The van der Waals surface area contributed by atoms with E-state index in [0.29, 0.717) is 12.2 Å². The first kappa shape index (κ1) is 16.4. The number of non-ortho nitro benzene ring substituents is 1. The molecule has 0 unspecified atom stereocenters. The van der Waals surface area contributed by atoms with Gasteiger partial charge in [0.1, 0.15) is 0 Å². The van der Waals surface area contributed by atoms with Crippen LogP contribution < -0.4 is 10.6 Å². The highest BCUT2D eigenvalue weighted by atomic mass is 16.6. The number of nitrogens with one attached hydrogen (secondary N) is 2. The van der Waals surface area contributed by atoms with Gasteiger partial charge in [-0.2, -0.15) is 0 Å². The number of amides is 1. The van der Waals surface area contributed by atoms with Crippen LogP contribution in [0.25, 0.3) is 10.8 Å². The number of anilines is 1. The molecule has 25 heavy (non-hydrogen) atoms. The number of fused-ring (bicyclic) bond motifs is 1. The summed E-state index contributed by atoms with van der Waals surface area (Å²) in [6.45, 7) is 0.503. The molecule has 0 aliphatic heterocycles. The fraction of sp³-hybridized carbons (Fsp3) is 0.105. The minimum atomic E-state index is -0.513. The van der Waals surface area contributed by atoms with Crippen molar-refractivity contribution in [1.29, 1.82) is 0 Å². The van der Waals surface area contributed by atoms with Crippen LogP contribution in [0.5, 0.6) is 0 Å². The van der Waals surface area contributed by atoms with Gasteiger partial charge in [0.05, 0.1) is 10.5 Å². The number of nitro benzene ring substituents is 1. The number of hydrogen-bond acceptors (Lipinski definition) is 4. The Balaban J connectivity index is 1.92. The van der Waals surface area contributed by atoms with Crippen LogP contribution in [0.4, 0.5) is 11.4 Å². The number of nitrogens with zero attached hydrogens (tertiary/aromatic N) is 1. The average molecular weight is 335 g/mol. The summed E-state index contributed by atoms with van der Waals surface area (Å²) in [5, 5.41) is 19.0. The van der Waals surface area contributed by atoms with Crippen molar-refractivity contribution in [3.63, 3.8) is 0 Å². The van der Waals surface area contributed by atoms with Crippen molar-refractivity contribution < 1.29 is 9.72 Å². The number of nitro groups is 1. The molecule has 0 aliphatic rings. The molecule has 0 bridgehead atoms. The normalized spacial score (nSPS) is 10.4. The molecule has 0 fully saturated rings. The Labute approximate surface area is 144 Å². The van der Waals surface area contributed by atoms with E-state index in [1.165, 1.54) is 19.2 Å². The van der Waals surface area contributed by atoms with Gasteiger partial charge >= 0.3 is 0 Å². The third-order valence-electron chi connectivity index (χ3n) is 4.03. The Morgan fingerprint density at radius 1 is 1.08 bits per heavy atom. The predicted molar refractivity (Wildman–Crippen MR) is 97.8 cm³/mol. The lowest BCUT2D eigenvalue weighted by Gasteiger charge is -2.13. The van der Waals surface area contributed by atoms with Crippen molar-refractivity contribution >= 4 is 28.1 Å². The van der Waals surface area contributed by atoms with Gasteiger partial charge in [0.25, 0.3) is 11.6 Å². The van der Waals surface area contributed by atoms with Gasteiger partial charge in [0.2, 0.25) is 0 Å². The highest BCUT2D eigenvalue weighted by Gasteiger charge is 2.16. The highest BCUT2D eigenvalue weighted by molar-refractivity contribution is 6.00. The standard InChI is InChI=1S/C19H17N3O3/c1-20-19(23)17-11-15(22(24)25)9-10-18(17)21-12-14-7-4-6-13-5-2-3-8-16(13)14/h2-11,21H,12H2,1H3,(H,20,23). The van der Waals surface area contributed by atoms with Gasteiger partial charge in [-0.3, -0.25) is 14.9 Å². The molecule has 6 nitrogen and oxygen atoms in total. The summed E-state index contributed by atoms with van der Waals surface area (Å²) in [5.74, 6) is -0.371. The van der Waals surface area contributed by atoms with Gasteiger partial charge in [-0.1, -0.05) is 42.5 Å². The molecule has 0 heterocycles. The molecule has 3 aromatic carbocycles. The zero-order valence-electron chi connectivity index (χ0n) is 13.7. The first-order chi connectivity index (χ1) is 12.1. The van der Waals surface area contributed by atoms with E-state index in [1.807, 2.05) is 42.5 Å². The summed E-state index contributed by atoms with van der Waals surface area (Å²) in [7, 11) is 1.50. The maximum atomic E-state index is 12.1. The molecule has 0 saturated carbocycles. The predicted octanol–water partition coefficient (Wildman–Crippen LogP) is 3.72. The van der Waals surface area contributed by atoms with Gasteiger partial charge in [-0.05, 0) is 22.4 Å². The first-order valence-corrected chi connectivity index (χ1v) is 7.81. The minimum absolute atomic E-state index is 0.116. The summed E-state index contributed by atoms with van der Waals surface area (Å²) in [6, 6.07) is 18.3. The van der Waals surface area contributed by atoms with Crippen molar-refractivity contribution in [2.45, 2.75) is 6.54 Å². The molecule has 126 valence electrons. The van der Waals surface area contributed by atoms with Crippen molar-refractivity contribution in [2.75, 3.05) is 12.4 Å². The van der Waals surface area contributed by atoms with Crippen LogP contribution in [0.3, 0.4) is 0 Å². The number of benzene rings is 3. The highest BCUT2D eigenvalue weighted by Crippen LogP contribution is 2.24. The lowest BCUT2D eigenvalue weighted by atomic mass is 10.0. The third kappa shape index (κ3) is 3.42. The van der Waals surface area contributed by atoms with Crippen LogP contribution >= 0.6 is 0 Å². The zero-order chi connectivity index (χ0) is 17.8. The van der Waals surface area contributed by atoms with E-state index in [-0.39, 0.29) is 17.2 Å². The molecule has 1 amide bonds. The lowest BCUT2D eigenvalue weighted by Crippen LogP contribution is -2.20. The van der Waals surface area contributed by atoms with Crippen LogP contribution in [0.15, 0.2) is 60.7 Å². The second kappa shape index (κ2) is 7.00. The molecule has 6 heteroatoms. The van der Waals surface area contributed by atoms with Gasteiger partial charge < -0.3 is 10.6 Å². The van der Waals surface area contributed by atoms with E-state index in [9.17, 15) is 14.9 Å². The number of carbonyl (C=O) groups excluding carboxylic acids is 1. The van der Waals surface area contributed by atoms with Crippen molar-refractivity contribution in [1.82, 2.24) is 5.32 Å². The molecular weight excluding hydrogens is 318 g/mol. The van der Waals surface area contributed by atoms with Crippen LogP contribution in [0.2, 0.25) is 0 Å². The molecule has 0 atom stereocenters. The second-order valence-electron chi connectivity index (χ2n) is 5.56. The van der Waals surface area contributed by atoms with Crippen LogP contribution in [-0.2, 0) is 6.54 Å². The van der Waals surface area contributed by atoms with Gasteiger partial charge in [0, 0.05) is 31.4 Å². The lowest BCUT2D eigenvalue weighted by molar-refractivity contribution is -0.384. The molecular formula is C19H17N3O3. The minimum Gasteiger partial charge on any atom is -0.380 e. The molecule has 0 saturated heterocycles. The summed E-state index contributed by atoms with van der Waals surface area (Å²) in [5.41, 5.74) is 1.77. The fourth-order valence-electron chi connectivity index (χ4n) is 2.76. The third-order valence-corrected chi connectivity index (χ3v) is 4.03. The van der Waals surface area contributed by atoms with Crippen molar-refractivity contribution in [2.24, 2.45) is 0 Å². The first-order valence-electron chi connectivity index (χ1n) is 7.81. The van der Waals surface area contributed by atoms with E-state index in [1.54, 1.807) is 6.07 Å². The molecule has 0 aliphatic carbocycles. The van der Waals surface area contributed by atoms with E-state index in [2.05, 4.69) is 10.6 Å². The molecule has 2 N–H and O–H groups in total.